The maximum absolute atomic E-state index is 12.9. The zero-order valence-electron chi connectivity index (χ0n) is 17.1. The maximum Gasteiger partial charge on any atom is 0.433 e. The Morgan fingerprint density at radius 2 is 2.00 bits per heavy atom. The molecular formula is C20H20F3N4O4S-. The van der Waals surface area contributed by atoms with Gasteiger partial charge in [0.2, 0.25) is 0 Å². The summed E-state index contributed by atoms with van der Waals surface area (Å²) >= 11 is -2.16. The molecule has 3 rings (SSSR count). The molecule has 0 fully saturated rings. The van der Waals surface area contributed by atoms with Crippen LogP contribution in [0, 0.1) is 0 Å². The molecule has 8 nitrogen and oxygen atoms in total. The second-order valence-electron chi connectivity index (χ2n) is 7.63. The Kier molecular flexibility index (Phi) is 6.67. The van der Waals surface area contributed by atoms with E-state index in [0.717, 1.165) is 18.2 Å². The SMILES string of the molecule is CC(C)(O)c1cc2nn(CCCS(=O)[O-])cc2cc1NC(=O)c1cccc(C(F)(F)F)n1. The number of amides is 1. The second-order valence-corrected chi connectivity index (χ2v) is 8.64. The van der Waals surface area contributed by atoms with Crippen molar-refractivity contribution in [2.24, 2.45) is 0 Å². The predicted octanol–water partition coefficient (Wildman–Crippen LogP) is 3.20. The monoisotopic (exact) mass is 469 g/mol. The highest BCUT2D eigenvalue weighted by Crippen LogP contribution is 2.32. The number of aliphatic hydroxyl groups is 1. The Morgan fingerprint density at radius 3 is 2.62 bits per heavy atom. The lowest BCUT2D eigenvalue weighted by Gasteiger charge is -2.22. The zero-order chi connectivity index (χ0) is 23.7. The number of anilines is 1. The van der Waals surface area contributed by atoms with Crippen molar-refractivity contribution in [3.05, 3.63) is 53.5 Å². The number of rotatable bonds is 7. The summed E-state index contributed by atoms with van der Waals surface area (Å²) in [5.74, 6) is -0.887. The fourth-order valence-electron chi connectivity index (χ4n) is 3.10. The quantitative estimate of drug-likeness (QED) is 0.513. The van der Waals surface area contributed by atoms with Crippen LogP contribution in [0.3, 0.4) is 0 Å². The Morgan fingerprint density at radius 1 is 1.28 bits per heavy atom. The molecule has 32 heavy (non-hydrogen) atoms. The predicted molar refractivity (Wildman–Crippen MR) is 111 cm³/mol. The van der Waals surface area contributed by atoms with Gasteiger partial charge in [0.25, 0.3) is 5.91 Å². The van der Waals surface area contributed by atoms with E-state index >= 15 is 0 Å². The Balaban J connectivity index is 1.94. The van der Waals surface area contributed by atoms with Crippen molar-refractivity contribution in [1.29, 1.82) is 0 Å². The van der Waals surface area contributed by atoms with Crippen LogP contribution in [-0.4, -0.2) is 40.3 Å². The topological polar surface area (TPSA) is 120 Å². The zero-order valence-corrected chi connectivity index (χ0v) is 18.0. The number of pyridine rings is 1. The third kappa shape index (κ3) is 5.69. The minimum atomic E-state index is -4.69. The van der Waals surface area contributed by atoms with Crippen LogP contribution in [0.15, 0.2) is 36.5 Å². The third-order valence-corrected chi connectivity index (χ3v) is 5.19. The Hall–Kier alpha value is -2.83. The first-order valence-electron chi connectivity index (χ1n) is 9.50. The summed E-state index contributed by atoms with van der Waals surface area (Å²) in [7, 11) is 0. The van der Waals surface area contributed by atoms with E-state index in [1.165, 1.54) is 13.8 Å². The summed E-state index contributed by atoms with van der Waals surface area (Å²) in [6, 6.07) is 6.12. The molecule has 2 N–H and O–H groups in total. The van der Waals surface area contributed by atoms with E-state index in [2.05, 4.69) is 15.4 Å². The minimum Gasteiger partial charge on any atom is -0.772 e. The molecule has 3 aromatic rings. The van der Waals surface area contributed by atoms with Gasteiger partial charge in [0.1, 0.15) is 11.4 Å². The van der Waals surface area contributed by atoms with Gasteiger partial charge in [-0.25, -0.2) is 4.98 Å². The standard InChI is InChI=1S/C20H21F3N4O4S/c1-19(2,29)13-10-15-12(11-27(26-15)7-4-8-32(30)31)9-16(13)25-18(28)14-5-3-6-17(24-14)20(21,22)23/h3,5-6,9-11,29H,4,7-8H2,1-2H3,(H,25,28)(H,30,31)/p-1. The number of fused-ring (bicyclic) bond motifs is 1. The van der Waals surface area contributed by atoms with E-state index < -0.39 is 40.2 Å². The van der Waals surface area contributed by atoms with Gasteiger partial charge in [-0.3, -0.25) is 13.7 Å². The number of carbonyl (C=O) groups is 1. The van der Waals surface area contributed by atoms with Crippen molar-refractivity contribution in [1.82, 2.24) is 14.8 Å². The summed E-state index contributed by atoms with van der Waals surface area (Å²) < 4.78 is 61.7. The Labute approximate surface area is 183 Å². The molecule has 2 aromatic heterocycles. The number of aromatic nitrogens is 3. The maximum atomic E-state index is 12.9. The van der Waals surface area contributed by atoms with E-state index in [1.54, 1.807) is 23.0 Å². The molecule has 0 aliphatic heterocycles. The van der Waals surface area contributed by atoms with Crippen LogP contribution in [-0.2, 0) is 29.4 Å². The number of nitrogens with zero attached hydrogens (tertiary/aromatic N) is 3. The lowest BCUT2D eigenvalue weighted by molar-refractivity contribution is -0.141. The van der Waals surface area contributed by atoms with Gasteiger partial charge in [0.05, 0.1) is 11.1 Å². The smallest absolute Gasteiger partial charge is 0.433 e. The number of carbonyl (C=O) groups excluding carboxylic acids is 1. The van der Waals surface area contributed by atoms with Crippen LogP contribution in [0.4, 0.5) is 18.9 Å². The van der Waals surface area contributed by atoms with Crippen molar-refractivity contribution in [3.8, 4) is 0 Å². The highest BCUT2D eigenvalue weighted by atomic mass is 32.2. The molecule has 172 valence electrons. The summed E-state index contributed by atoms with van der Waals surface area (Å²) in [5, 5.41) is 18.0. The molecule has 1 unspecified atom stereocenters. The number of benzene rings is 1. The summed E-state index contributed by atoms with van der Waals surface area (Å²) in [6.07, 6.45) is -2.69. The number of hydrogen-bond donors (Lipinski definition) is 2. The van der Waals surface area contributed by atoms with Crippen molar-refractivity contribution in [2.75, 3.05) is 11.1 Å². The van der Waals surface area contributed by atoms with Crippen molar-refractivity contribution in [2.45, 2.75) is 38.6 Å². The second kappa shape index (κ2) is 8.96. The lowest BCUT2D eigenvalue weighted by atomic mass is 9.95. The van der Waals surface area contributed by atoms with Crippen LogP contribution in [0.1, 0.15) is 42.0 Å². The number of alkyl halides is 3. The van der Waals surface area contributed by atoms with Gasteiger partial charge < -0.3 is 15.0 Å². The number of nitrogens with one attached hydrogen (secondary N) is 1. The van der Waals surface area contributed by atoms with Crippen molar-refractivity contribution >= 4 is 33.6 Å². The highest BCUT2D eigenvalue weighted by Gasteiger charge is 2.33. The summed E-state index contributed by atoms with van der Waals surface area (Å²) in [5.41, 5.74) is -2.03. The lowest BCUT2D eigenvalue weighted by Crippen LogP contribution is -2.22. The molecule has 1 atom stereocenters. The first kappa shape index (κ1) is 23.8. The molecule has 0 aliphatic rings. The normalized spacial score (nSPS) is 13.3. The molecule has 0 saturated carbocycles. The van der Waals surface area contributed by atoms with E-state index in [0.29, 0.717) is 29.4 Å². The summed E-state index contributed by atoms with van der Waals surface area (Å²) in [4.78, 5) is 16.0. The highest BCUT2D eigenvalue weighted by molar-refractivity contribution is 7.79. The molecule has 0 aliphatic carbocycles. The van der Waals surface area contributed by atoms with Crippen molar-refractivity contribution in [3.63, 3.8) is 0 Å². The van der Waals surface area contributed by atoms with Crippen LogP contribution < -0.4 is 5.32 Å². The third-order valence-electron chi connectivity index (χ3n) is 4.57. The molecule has 1 aromatic carbocycles. The van der Waals surface area contributed by atoms with Crippen LogP contribution in [0.25, 0.3) is 10.9 Å². The fraction of sp³-hybridized carbons (Fsp3) is 0.350. The first-order chi connectivity index (χ1) is 14.8. The molecule has 0 radical (unpaired) electrons. The van der Waals surface area contributed by atoms with Crippen LogP contribution in [0.2, 0.25) is 0 Å². The van der Waals surface area contributed by atoms with Gasteiger partial charge in [-0.2, -0.15) is 18.3 Å². The number of hydrogen-bond acceptors (Lipinski definition) is 6. The van der Waals surface area contributed by atoms with E-state index in [9.17, 15) is 31.8 Å². The van der Waals surface area contributed by atoms with Crippen LogP contribution >= 0.6 is 0 Å². The van der Waals surface area contributed by atoms with Gasteiger partial charge >= 0.3 is 6.18 Å². The minimum absolute atomic E-state index is 0.0174. The molecule has 12 heteroatoms. The molecule has 0 spiro atoms. The fourth-order valence-corrected chi connectivity index (χ4v) is 3.46. The van der Waals surface area contributed by atoms with E-state index in [4.69, 9.17) is 0 Å². The molecule has 0 bridgehead atoms. The first-order valence-corrected chi connectivity index (χ1v) is 10.7. The van der Waals surface area contributed by atoms with E-state index in [-0.39, 0.29) is 11.4 Å². The van der Waals surface area contributed by atoms with Gasteiger partial charge in [-0.05, 0) is 44.5 Å². The average molecular weight is 469 g/mol. The molecule has 1 amide bonds. The number of aryl methyl sites for hydroxylation is 1. The molecule has 2 heterocycles. The number of halogens is 3. The molecular weight excluding hydrogens is 449 g/mol. The molecule has 0 saturated heterocycles. The van der Waals surface area contributed by atoms with Gasteiger partial charge in [0.15, 0.2) is 0 Å². The van der Waals surface area contributed by atoms with Gasteiger partial charge in [-0.15, -0.1) is 0 Å². The largest absolute Gasteiger partial charge is 0.772 e. The van der Waals surface area contributed by atoms with E-state index in [1.807, 2.05) is 0 Å². The van der Waals surface area contributed by atoms with Crippen LogP contribution in [0.5, 0.6) is 0 Å². The van der Waals surface area contributed by atoms with Gasteiger partial charge in [-0.1, -0.05) is 17.1 Å². The summed E-state index contributed by atoms with van der Waals surface area (Å²) in [6.45, 7) is 3.33. The van der Waals surface area contributed by atoms with Crippen molar-refractivity contribution < 1.29 is 31.8 Å². The Bertz CT molecular complexity index is 1170. The van der Waals surface area contributed by atoms with Gasteiger partial charge in [0, 0.05) is 35.1 Å². The average Bonchev–Trinajstić information content (AvgIpc) is 3.07.